The van der Waals surface area contributed by atoms with E-state index < -0.39 is 12.0 Å². The van der Waals surface area contributed by atoms with Crippen molar-refractivity contribution in [3.8, 4) is 10.6 Å². The lowest BCUT2D eigenvalue weighted by Gasteiger charge is -2.11. The Morgan fingerprint density at radius 2 is 2.10 bits per heavy atom. The monoisotopic (exact) mass is 304 g/mol. The molecule has 5 heteroatoms. The molecule has 0 amide bonds. The van der Waals surface area contributed by atoms with Crippen molar-refractivity contribution in [3.63, 3.8) is 0 Å². The third-order valence-corrected chi connectivity index (χ3v) is 4.20. The Morgan fingerprint density at radius 3 is 2.71 bits per heavy atom. The summed E-state index contributed by atoms with van der Waals surface area (Å²) in [5.41, 5.74) is 3.21. The van der Waals surface area contributed by atoms with Crippen LogP contribution < -0.4 is 5.32 Å². The van der Waals surface area contributed by atoms with Gasteiger partial charge in [0, 0.05) is 17.5 Å². The number of thiazole rings is 1. The Morgan fingerprint density at radius 1 is 1.38 bits per heavy atom. The summed E-state index contributed by atoms with van der Waals surface area (Å²) in [6.45, 7) is 4.52. The van der Waals surface area contributed by atoms with Crippen LogP contribution in [0.1, 0.15) is 31.0 Å². The summed E-state index contributed by atoms with van der Waals surface area (Å²) < 4.78 is 0. The van der Waals surface area contributed by atoms with Gasteiger partial charge in [-0.05, 0) is 13.3 Å². The molecule has 0 radical (unpaired) electrons. The number of carbonyl (C=O) groups is 1. The van der Waals surface area contributed by atoms with Gasteiger partial charge >= 0.3 is 5.97 Å². The first-order valence-electron chi connectivity index (χ1n) is 7.07. The molecule has 1 aromatic carbocycles. The molecular weight excluding hydrogens is 284 g/mol. The summed E-state index contributed by atoms with van der Waals surface area (Å²) in [6, 6.07) is 7.75. The van der Waals surface area contributed by atoms with E-state index in [0.29, 0.717) is 13.0 Å². The largest absolute Gasteiger partial charge is 0.480 e. The summed E-state index contributed by atoms with van der Waals surface area (Å²) in [6.07, 6.45) is 1.47. The standard InChI is InChI=1S/C16H20N2O2S/c1-3-4-14(16(19)20)17-9-13-10-21-15(18-13)12-7-5-11(2)6-8-12/h5-8,10,14,17H,3-4,9H2,1-2H3,(H,19,20). The lowest BCUT2D eigenvalue weighted by Crippen LogP contribution is -2.36. The van der Waals surface area contributed by atoms with Crippen molar-refractivity contribution in [2.45, 2.75) is 39.3 Å². The fourth-order valence-electron chi connectivity index (χ4n) is 2.05. The molecule has 0 saturated heterocycles. The highest BCUT2D eigenvalue weighted by molar-refractivity contribution is 7.13. The molecule has 0 bridgehead atoms. The summed E-state index contributed by atoms with van der Waals surface area (Å²) in [4.78, 5) is 15.7. The van der Waals surface area contributed by atoms with Gasteiger partial charge < -0.3 is 5.11 Å². The van der Waals surface area contributed by atoms with Gasteiger partial charge in [-0.2, -0.15) is 0 Å². The van der Waals surface area contributed by atoms with Gasteiger partial charge in [0.05, 0.1) is 5.69 Å². The highest BCUT2D eigenvalue weighted by Gasteiger charge is 2.15. The molecule has 2 rings (SSSR count). The normalized spacial score (nSPS) is 12.3. The number of carboxylic acid groups (broad SMARTS) is 1. The van der Waals surface area contributed by atoms with Gasteiger partial charge in [0.1, 0.15) is 11.0 Å². The van der Waals surface area contributed by atoms with Gasteiger partial charge in [-0.15, -0.1) is 11.3 Å². The molecule has 2 N–H and O–H groups in total. The van der Waals surface area contributed by atoms with Crippen molar-refractivity contribution in [2.75, 3.05) is 0 Å². The predicted octanol–water partition coefficient (Wildman–Crippen LogP) is 3.46. The molecule has 1 aromatic heterocycles. The average Bonchev–Trinajstić information content (AvgIpc) is 2.92. The fraction of sp³-hybridized carbons (Fsp3) is 0.375. The first-order chi connectivity index (χ1) is 10.1. The first kappa shape index (κ1) is 15.7. The van der Waals surface area contributed by atoms with Crippen LogP contribution in [0.2, 0.25) is 0 Å². The van der Waals surface area contributed by atoms with E-state index in [0.717, 1.165) is 22.7 Å². The minimum absolute atomic E-state index is 0.485. The van der Waals surface area contributed by atoms with E-state index in [2.05, 4.69) is 41.5 Å². The minimum atomic E-state index is -0.800. The molecule has 0 fully saturated rings. The topological polar surface area (TPSA) is 62.2 Å². The van der Waals surface area contributed by atoms with Crippen molar-refractivity contribution in [3.05, 3.63) is 40.9 Å². The van der Waals surface area contributed by atoms with Crippen LogP contribution in [0.3, 0.4) is 0 Å². The zero-order chi connectivity index (χ0) is 15.2. The van der Waals surface area contributed by atoms with Crippen molar-refractivity contribution < 1.29 is 9.90 Å². The summed E-state index contributed by atoms with van der Waals surface area (Å²) in [5.74, 6) is -0.800. The fourth-order valence-corrected chi connectivity index (χ4v) is 2.87. The number of hydrogen-bond donors (Lipinski definition) is 2. The molecule has 0 aliphatic heterocycles. The SMILES string of the molecule is CCCC(NCc1csc(-c2ccc(C)cc2)n1)C(=O)O. The highest BCUT2D eigenvalue weighted by Crippen LogP contribution is 2.24. The maximum absolute atomic E-state index is 11.1. The quantitative estimate of drug-likeness (QED) is 0.822. The number of nitrogens with one attached hydrogen (secondary N) is 1. The second kappa shape index (κ2) is 7.33. The first-order valence-corrected chi connectivity index (χ1v) is 7.95. The predicted molar refractivity (Wildman–Crippen MR) is 85.5 cm³/mol. The van der Waals surface area contributed by atoms with Crippen molar-refractivity contribution in [1.29, 1.82) is 0 Å². The number of benzene rings is 1. The van der Waals surface area contributed by atoms with Gasteiger partial charge in [0.15, 0.2) is 0 Å². The zero-order valence-corrected chi connectivity index (χ0v) is 13.1. The Kier molecular flexibility index (Phi) is 5.47. The molecule has 21 heavy (non-hydrogen) atoms. The van der Waals surface area contributed by atoms with Gasteiger partial charge in [0.25, 0.3) is 0 Å². The summed E-state index contributed by atoms with van der Waals surface area (Å²) >= 11 is 1.58. The van der Waals surface area contributed by atoms with Crippen molar-refractivity contribution in [2.24, 2.45) is 0 Å². The van der Waals surface area contributed by atoms with E-state index in [4.69, 9.17) is 5.11 Å². The van der Waals surface area contributed by atoms with Crippen molar-refractivity contribution in [1.82, 2.24) is 10.3 Å². The van der Waals surface area contributed by atoms with Crippen LogP contribution in [-0.4, -0.2) is 22.1 Å². The molecular formula is C16H20N2O2S. The van der Waals surface area contributed by atoms with Gasteiger partial charge in [-0.3, -0.25) is 10.1 Å². The number of aliphatic carboxylic acids is 1. The van der Waals surface area contributed by atoms with E-state index in [9.17, 15) is 4.79 Å². The number of hydrogen-bond acceptors (Lipinski definition) is 4. The molecule has 1 atom stereocenters. The number of aromatic nitrogens is 1. The maximum atomic E-state index is 11.1. The Bertz CT molecular complexity index is 593. The minimum Gasteiger partial charge on any atom is -0.480 e. The number of nitrogens with zero attached hydrogens (tertiary/aromatic N) is 1. The lowest BCUT2D eigenvalue weighted by molar-refractivity contribution is -0.139. The van der Waals surface area contributed by atoms with Crippen LogP contribution in [0.15, 0.2) is 29.6 Å². The van der Waals surface area contributed by atoms with E-state index in [1.165, 1.54) is 5.56 Å². The molecule has 0 spiro atoms. The third-order valence-electron chi connectivity index (χ3n) is 3.26. The van der Waals surface area contributed by atoms with E-state index in [-0.39, 0.29) is 0 Å². The Hall–Kier alpha value is -1.72. The molecule has 0 saturated carbocycles. The lowest BCUT2D eigenvalue weighted by atomic mass is 10.1. The van der Waals surface area contributed by atoms with E-state index in [1.54, 1.807) is 11.3 Å². The Labute approximate surface area is 128 Å². The van der Waals surface area contributed by atoms with Crippen LogP contribution in [0.25, 0.3) is 10.6 Å². The third kappa shape index (κ3) is 4.37. The zero-order valence-electron chi connectivity index (χ0n) is 12.3. The second-order valence-corrected chi connectivity index (χ2v) is 5.93. The summed E-state index contributed by atoms with van der Waals surface area (Å²) in [5, 5.41) is 15.1. The summed E-state index contributed by atoms with van der Waals surface area (Å²) in [7, 11) is 0. The second-order valence-electron chi connectivity index (χ2n) is 5.07. The maximum Gasteiger partial charge on any atom is 0.320 e. The average molecular weight is 304 g/mol. The van der Waals surface area contributed by atoms with E-state index >= 15 is 0 Å². The van der Waals surface area contributed by atoms with Crippen LogP contribution >= 0.6 is 11.3 Å². The molecule has 0 aliphatic carbocycles. The van der Waals surface area contributed by atoms with Gasteiger partial charge in [-0.25, -0.2) is 4.98 Å². The van der Waals surface area contributed by atoms with Gasteiger partial charge in [-0.1, -0.05) is 43.2 Å². The van der Waals surface area contributed by atoms with Crippen LogP contribution in [0, 0.1) is 6.92 Å². The molecule has 0 aliphatic rings. The Balaban J connectivity index is 2.00. The molecule has 1 unspecified atom stereocenters. The molecule has 112 valence electrons. The molecule has 4 nitrogen and oxygen atoms in total. The highest BCUT2D eigenvalue weighted by atomic mass is 32.1. The molecule has 1 heterocycles. The van der Waals surface area contributed by atoms with Gasteiger partial charge in [0.2, 0.25) is 0 Å². The van der Waals surface area contributed by atoms with Crippen LogP contribution in [-0.2, 0) is 11.3 Å². The molecule has 2 aromatic rings. The van der Waals surface area contributed by atoms with Crippen LogP contribution in [0.5, 0.6) is 0 Å². The van der Waals surface area contributed by atoms with Crippen molar-refractivity contribution >= 4 is 17.3 Å². The van der Waals surface area contributed by atoms with Crippen LogP contribution in [0.4, 0.5) is 0 Å². The number of carboxylic acids is 1. The van der Waals surface area contributed by atoms with E-state index in [1.807, 2.05) is 12.3 Å². The number of rotatable bonds is 7. The smallest absolute Gasteiger partial charge is 0.320 e. The number of aryl methyl sites for hydroxylation is 1.